The van der Waals surface area contributed by atoms with Crippen molar-refractivity contribution >= 4 is 11.0 Å². The molecule has 1 N–H and O–H groups in total. The highest BCUT2D eigenvalue weighted by molar-refractivity contribution is 5.75. The minimum absolute atomic E-state index is 0.592. The van der Waals surface area contributed by atoms with Crippen molar-refractivity contribution in [2.45, 2.75) is 45.3 Å². The number of para-hydroxylation sites is 2. The Morgan fingerprint density at radius 2 is 2.05 bits per heavy atom. The van der Waals surface area contributed by atoms with Gasteiger partial charge in [0.15, 0.2) is 0 Å². The average molecular weight is 255 g/mol. The van der Waals surface area contributed by atoms with Crippen LogP contribution in [0.3, 0.4) is 0 Å². The predicted molar refractivity (Wildman–Crippen MR) is 79.0 cm³/mol. The molecule has 1 aliphatic rings. The van der Waals surface area contributed by atoms with E-state index in [0.29, 0.717) is 6.04 Å². The molecule has 100 valence electrons. The van der Waals surface area contributed by atoms with E-state index in [-0.39, 0.29) is 0 Å². The third kappa shape index (κ3) is 2.56. The number of benzene rings is 1. The zero-order chi connectivity index (χ0) is 13.1. The molecule has 0 saturated heterocycles. The van der Waals surface area contributed by atoms with E-state index in [4.69, 9.17) is 4.98 Å². The standard InChI is InChI=1S/C16H21N3/c1-2-11-19-15-10-6-5-9-14(15)18-16(19)12-17-13-7-3-4-8-13/h3-6,9-10,13,17H,2,7-8,11-12H2,1H3. The number of aromatic nitrogens is 2. The van der Waals surface area contributed by atoms with Gasteiger partial charge in [0.2, 0.25) is 0 Å². The number of nitrogens with zero attached hydrogens (tertiary/aromatic N) is 2. The molecule has 0 saturated carbocycles. The molecule has 19 heavy (non-hydrogen) atoms. The summed E-state index contributed by atoms with van der Waals surface area (Å²) >= 11 is 0. The third-order valence-electron chi connectivity index (χ3n) is 3.74. The number of nitrogens with one attached hydrogen (secondary N) is 1. The molecule has 2 aromatic rings. The van der Waals surface area contributed by atoms with Gasteiger partial charge in [0.25, 0.3) is 0 Å². The maximum absolute atomic E-state index is 4.77. The summed E-state index contributed by atoms with van der Waals surface area (Å²) in [6.45, 7) is 4.12. The van der Waals surface area contributed by atoms with Gasteiger partial charge in [0, 0.05) is 12.6 Å². The summed E-state index contributed by atoms with van der Waals surface area (Å²) in [5, 5.41) is 3.61. The molecule has 3 rings (SSSR count). The maximum Gasteiger partial charge on any atom is 0.123 e. The summed E-state index contributed by atoms with van der Waals surface area (Å²) in [5.74, 6) is 1.16. The van der Waals surface area contributed by atoms with Crippen LogP contribution >= 0.6 is 0 Å². The van der Waals surface area contributed by atoms with Crippen molar-refractivity contribution in [2.24, 2.45) is 0 Å². The van der Waals surface area contributed by atoms with Gasteiger partial charge in [-0.2, -0.15) is 0 Å². The van der Waals surface area contributed by atoms with Crippen molar-refractivity contribution in [2.75, 3.05) is 0 Å². The van der Waals surface area contributed by atoms with E-state index in [2.05, 4.69) is 53.2 Å². The molecule has 0 fully saturated rings. The van der Waals surface area contributed by atoms with Crippen LogP contribution in [0.1, 0.15) is 32.0 Å². The van der Waals surface area contributed by atoms with E-state index < -0.39 is 0 Å². The fourth-order valence-corrected chi connectivity index (χ4v) is 2.75. The lowest BCUT2D eigenvalue weighted by atomic mass is 10.2. The fourth-order valence-electron chi connectivity index (χ4n) is 2.75. The molecule has 3 nitrogen and oxygen atoms in total. The molecular formula is C16H21N3. The van der Waals surface area contributed by atoms with Gasteiger partial charge in [-0.15, -0.1) is 0 Å². The number of aryl methyl sites for hydroxylation is 1. The Morgan fingerprint density at radius 3 is 2.84 bits per heavy atom. The quantitative estimate of drug-likeness (QED) is 0.831. The smallest absolute Gasteiger partial charge is 0.123 e. The van der Waals surface area contributed by atoms with Gasteiger partial charge in [-0.05, 0) is 31.4 Å². The van der Waals surface area contributed by atoms with Crippen LogP contribution in [0, 0.1) is 0 Å². The monoisotopic (exact) mass is 255 g/mol. The van der Waals surface area contributed by atoms with Crippen molar-refractivity contribution in [3.63, 3.8) is 0 Å². The van der Waals surface area contributed by atoms with Crippen LogP contribution in [0.4, 0.5) is 0 Å². The van der Waals surface area contributed by atoms with Crippen molar-refractivity contribution in [3.8, 4) is 0 Å². The molecule has 0 unspecified atom stereocenters. The lowest BCUT2D eigenvalue weighted by molar-refractivity contribution is 0.511. The van der Waals surface area contributed by atoms with Crippen LogP contribution in [-0.2, 0) is 13.1 Å². The maximum atomic E-state index is 4.77. The average Bonchev–Trinajstić information content (AvgIpc) is 3.05. The van der Waals surface area contributed by atoms with E-state index in [1.54, 1.807) is 0 Å². The van der Waals surface area contributed by atoms with Crippen LogP contribution in [-0.4, -0.2) is 15.6 Å². The van der Waals surface area contributed by atoms with Crippen LogP contribution in [0.15, 0.2) is 36.4 Å². The molecule has 1 aromatic heterocycles. The van der Waals surface area contributed by atoms with E-state index in [0.717, 1.165) is 43.7 Å². The first-order chi connectivity index (χ1) is 9.38. The van der Waals surface area contributed by atoms with Crippen LogP contribution in [0.2, 0.25) is 0 Å². The summed E-state index contributed by atoms with van der Waals surface area (Å²) in [6, 6.07) is 9.01. The molecule has 0 atom stereocenters. The van der Waals surface area contributed by atoms with Gasteiger partial charge in [0.05, 0.1) is 17.6 Å². The normalized spacial score (nSPS) is 15.6. The lowest BCUT2D eigenvalue weighted by Gasteiger charge is -2.13. The number of rotatable bonds is 5. The molecule has 3 heteroatoms. The van der Waals surface area contributed by atoms with E-state index in [1.807, 2.05) is 0 Å². The van der Waals surface area contributed by atoms with Gasteiger partial charge < -0.3 is 9.88 Å². The van der Waals surface area contributed by atoms with Gasteiger partial charge in [0.1, 0.15) is 5.82 Å². The van der Waals surface area contributed by atoms with E-state index >= 15 is 0 Å². The van der Waals surface area contributed by atoms with E-state index in [9.17, 15) is 0 Å². The first kappa shape index (κ1) is 12.4. The second-order valence-electron chi connectivity index (χ2n) is 5.19. The molecule has 0 spiro atoms. The highest BCUT2D eigenvalue weighted by atomic mass is 15.1. The summed E-state index contributed by atoms with van der Waals surface area (Å²) in [4.78, 5) is 4.77. The number of imidazole rings is 1. The van der Waals surface area contributed by atoms with Crippen molar-refractivity contribution in [1.82, 2.24) is 14.9 Å². The topological polar surface area (TPSA) is 29.9 Å². The Bertz CT molecular complexity index is 575. The molecule has 1 aromatic carbocycles. The molecule has 0 bridgehead atoms. The second kappa shape index (κ2) is 5.57. The zero-order valence-electron chi connectivity index (χ0n) is 11.5. The Balaban J connectivity index is 1.82. The lowest BCUT2D eigenvalue weighted by Crippen LogP contribution is -2.27. The SMILES string of the molecule is CCCn1c(CNC2CC=CC2)nc2ccccc21. The van der Waals surface area contributed by atoms with Gasteiger partial charge in [-0.25, -0.2) is 4.98 Å². The first-order valence-electron chi connectivity index (χ1n) is 7.21. The summed E-state index contributed by atoms with van der Waals surface area (Å²) in [5.41, 5.74) is 2.36. The summed E-state index contributed by atoms with van der Waals surface area (Å²) in [6.07, 6.45) is 7.94. The van der Waals surface area contributed by atoms with Crippen molar-refractivity contribution in [1.29, 1.82) is 0 Å². The predicted octanol–water partition coefficient (Wildman–Crippen LogP) is 3.25. The number of hydrogen-bond donors (Lipinski definition) is 1. The number of hydrogen-bond acceptors (Lipinski definition) is 2. The highest BCUT2D eigenvalue weighted by Gasteiger charge is 2.13. The molecule has 1 heterocycles. The molecule has 0 aliphatic heterocycles. The summed E-state index contributed by atoms with van der Waals surface area (Å²) in [7, 11) is 0. The number of fused-ring (bicyclic) bond motifs is 1. The highest BCUT2D eigenvalue weighted by Crippen LogP contribution is 2.17. The molecule has 1 aliphatic carbocycles. The van der Waals surface area contributed by atoms with Crippen LogP contribution < -0.4 is 5.32 Å². The Labute approximate surface area is 114 Å². The van der Waals surface area contributed by atoms with Crippen LogP contribution in [0.25, 0.3) is 11.0 Å². The van der Waals surface area contributed by atoms with Crippen molar-refractivity contribution in [3.05, 3.63) is 42.2 Å². The minimum Gasteiger partial charge on any atom is -0.327 e. The largest absolute Gasteiger partial charge is 0.327 e. The molecular weight excluding hydrogens is 234 g/mol. The fraction of sp³-hybridized carbons (Fsp3) is 0.438. The Kier molecular flexibility index (Phi) is 3.65. The van der Waals surface area contributed by atoms with E-state index in [1.165, 1.54) is 5.52 Å². The van der Waals surface area contributed by atoms with Gasteiger partial charge in [-0.3, -0.25) is 0 Å². The minimum atomic E-state index is 0.592. The second-order valence-corrected chi connectivity index (χ2v) is 5.19. The Morgan fingerprint density at radius 1 is 1.26 bits per heavy atom. The van der Waals surface area contributed by atoms with Crippen molar-refractivity contribution < 1.29 is 0 Å². The van der Waals surface area contributed by atoms with Gasteiger partial charge >= 0.3 is 0 Å². The third-order valence-corrected chi connectivity index (χ3v) is 3.74. The Hall–Kier alpha value is -1.61. The van der Waals surface area contributed by atoms with Crippen LogP contribution in [0.5, 0.6) is 0 Å². The molecule has 0 amide bonds. The van der Waals surface area contributed by atoms with Gasteiger partial charge in [-0.1, -0.05) is 31.2 Å². The molecule has 0 radical (unpaired) electrons. The first-order valence-corrected chi connectivity index (χ1v) is 7.21. The summed E-state index contributed by atoms with van der Waals surface area (Å²) < 4.78 is 2.35. The zero-order valence-corrected chi connectivity index (χ0v) is 11.5.